The Labute approximate surface area is 254 Å². The third-order valence-corrected chi connectivity index (χ3v) is 10.3. The van der Waals surface area contributed by atoms with Gasteiger partial charge >= 0.3 is 5.97 Å². The van der Waals surface area contributed by atoms with Crippen molar-refractivity contribution >= 4 is 29.4 Å². The highest BCUT2D eigenvalue weighted by Crippen LogP contribution is 2.54. The maximum Gasteiger partial charge on any atom is 0.310 e. The number of aliphatic carboxylic acids is 1. The zero-order chi connectivity index (χ0) is 31.3. The van der Waals surface area contributed by atoms with Crippen LogP contribution < -0.4 is 16.3 Å². The molecule has 2 amide bonds. The van der Waals surface area contributed by atoms with Gasteiger partial charge in [-0.3, -0.25) is 14.4 Å². The van der Waals surface area contributed by atoms with Gasteiger partial charge < -0.3 is 30.4 Å². The monoisotopic (exact) mass is 623 g/mol. The van der Waals surface area contributed by atoms with E-state index in [1.54, 1.807) is 28.9 Å². The summed E-state index contributed by atoms with van der Waals surface area (Å²) in [7, 11) is 1.26. The molecule has 13 heteroatoms. The fraction of sp³-hybridized carbons (Fsp3) is 0.633. The third-order valence-electron chi connectivity index (χ3n) is 9.90. The molecular formula is C30H40ClF2N5O5. The molecule has 3 atom stereocenters. The summed E-state index contributed by atoms with van der Waals surface area (Å²) in [5.74, 6) is 3.88. The van der Waals surface area contributed by atoms with Crippen LogP contribution in [0.4, 0.5) is 8.78 Å². The summed E-state index contributed by atoms with van der Waals surface area (Å²) < 4.78 is 33.3. The number of nitrogens with zero attached hydrogens (tertiary/aromatic N) is 3. The van der Waals surface area contributed by atoms with Crippen molar-refractivity contribution in [1.29, 1.82) is 0 Å². The number of ether oxygens (including phenoxy) is 1. The van der Waals surface area contributed by atoms with E-state index < -0.39 is 42.1 Å². The predicted octanol–water partition coefficient (Wildman–Crippen LogP) is 3.68. The highest BCUT2D eigenvalue weighted by Gasteiger charge is 2.54. The number of benzene rings is 1. The van der Waals surface area contributed by atoms with Crippen LogP contribution in [0.25, 0.3) is 0 Å². The largest absolute Gasteiger partial charge is 0.487 e. The number of hydrogen-bond acceptors (Lipinski definition) is 7. The van der Waals surface area contributed by atoms with Crippen LogP contribution >= 0.6 is 11.6 Å². The Morgan fingerprint density at radius 1 is 1.26 bits per heavy atom. The number of alkyl halides is 2. The lowest BCUT2D eigenvalue weighted by Crippen LogP contribution is -2.52. The lowest BCUT2D eigenvalue weighted by molar-refractivity contribution is -0.162. The molecule has 1 spiro atoms. The molecular weight excluding hydrogens is 584 g/mol. The third kappa shape index (κ3) is 5.87. The van der Waals surface area contributed by atoms with Crippen LogP contribution in [0, 0.1) is 16.7 Å². The predicted molar refractivity (Wildman–Crippen MR) is 155 cm³/mol. The van der Waals surface area contributed by atoms with Crippen LogP contribution in [-0.4, -0.2) is 77.4 Å². The zero-order valence-electron chi connectivity index (χ0n) is 24.6. The lowest BCUT2D eigenvalue weighted by atomic mass is 9.66. The number of fused-ring (bicyclic) bond motifs is 1. The van der Waals surface area contributed by atoms with Crippen LogP contribution in [0.1, 0.15) is 69.0 Å². The van der Waals surface area contributed by atoms with E-state index in [-0.39, 0.29) is 36.0 Å². The fourth-order valence-electron chi connectivity index (χ4n) is 7.16. The first kappa shape index (κ1) is 31.3. The van der Waals surface area contributed by atoms with E-state index in [1.165, 1.54) is 7.05 Å². The standard InChI is InChI=1S/C30H40ClF2N5O5/c1-29(28(41)42)9-4-3-5-18(29)27(40)38-12-8-17-19(31)6-7-22(43-15-20(34)25(26(32)33)36(2)35)24(17)21(38)14-37-16-30(10-11-30)13-23(37)39/h6-7,18,21,26H,3-5,8-16,34-35H2,1-2H3,(H,41,42)/b25-20-/t18?,21?,29-/m0/s1. The van der Waals surface area contributed by atoms with Crippen molar-refractivity contribution in [3.63, 3.8) is 0 Å². The zero-order valence-corrected chi connectivity index (χ0v) is 25.3. The summed E-state index contributed by atoms with van der Waals surface area (Å²) in [5, 5.41) is 11.4. The normalized spacial score (nSPS) is 26.8. The number of carboxylic acid groups (broad SMARTS) is 1. The van der Waals surface area contributed by atoms with E-state index in [0.717, 1.165) is 36.3 Å². The number of hydrogen-bond donors (Lipinski definition) is 3. The van der Waals surface area contributed by atoms with Gasteiger partial charge in [-0.2, -0.15) is 0 Å². The molecule has 5 N–H and O–H groups in total. The topological polar surface area (TPSA) is 142 Å². The second-order valence-corrected chi connectivity index (χ2v) is 13.2. The second-order valence-electron chi connectivity index (χ2n) is 12.8. The molecule has 2 saturated carbocycles. The Hall–Kier alpha value is -3.12. The van der Waals surface area contributed by atoms with Crippen LogP contribution in [0.2, 0.25) is 5.02 Å². The number of rotatable bonds is 9. The summed E-state index contributed by atoms with van der Waals surface area (Å²) in [6, 6.07) is 2.58. The fourth-order valence-corrected chi connectivity index (χ4v) is 7.42. The second kappa shape index (κ2) is 11.8. The van der Waals surface area contributed by atoms with Gasteiger partial charge in [0.1, 0.15) is 18.1 Å². The Morgan fingerprint density at radius 2 is 1.98 bits per heavy atom. The number of carboxylic acids is 1. The first-order valence-corrected chi connectivity index (χ1v) is 15.2. The Balaban J connectivity index is 1.54. The summed E-state index contributed by atoms with van der Waals surface area (Å²) in [6.07, 6.45) is 2.19. The van der Waals surface area contributed by atoms with Crippen molar-refractivity contribution in [3.05, 3.63) is 39.7 Å². The van der Waals surface area contributed by atoms with E-state index >= 15 is 0 Å². The molecule has 10 nitrogen and oxygen atoms in total. The highest BCUT2D eigenvalue weighted by atomic mass is 35.5. The highest BCUT2D eigenvalue weighted by molar-refractivity contribution is 6.31. The molecule has 2 aliphatic carbocycles. The van der Waals surface area contributed by atoms with Gasteiger partial charge in [-0.15, -0.1) is 0 Å². The molecule has 1 saturated heterocycles. The molecule has 2 aliphatic heterocycles. The molecule has 236 valence electrons. The van der Waals surface area contributed by atoms with Gasteiger partial charge in [-0.05, 0) is 62.1 Å². The molecule has 1 aromatic rings. The molecule has 4 aliphatic rings. The van der Waals surface area contributed by atoms with Gasteiger partial charge in [-0.1, -0.05) is 24.4 Å². The smallest absolute Gasteiger partial charge is 0.310 e. The lowest BCUT2D eigenvalue weighted by Gasteiger charge is -2.45. The van der Waals surface area contributed by atoms with Gasteiger partial charge in [0.15, 0.2) is 0 Å². The van der Waals surface area contributed by atoms with E-state index in [1.807, 2.05) is 0 Å². The van der Waals surface area contributed by atoms with E-state index in [4.69, 9.17) is 27.9 Å². The number of hydrazine groups is 1. The van der Waals surface area contributed by atoms with Crippen molar-refractivity contribution in [3.8, 4) is 5.75 Å². The van der Waals surface area contributed by atoms with Gasteiger partial charge in [0.2, 0.25) is 11.8 Å². The number of carbonyl (C=O) groups is 3. The van der Waals surface area contributed by atoms with Crippen LogP contribution in [0.3, 0.4) is 0 Å². The van der Waals surface area contributed by atoms with Crippen molar-refractivity contribution in [2.24, 2.45) is 28.3 Å². The summed E-state index contributed by atoms with van der Waals surface area (Å²) in [4.78, 5) is 43.4. The molecule has 0 radical (unpaired) electrons. The SMILES string of the molecule is CN(N)/C(=C(\N)COc1ccc(Cl)c2c1C(CN1CC3(CC3)CC1=O)N(C(=O)C1CCCC[C@]1(C)C(=O)O)CC2)C(F)F. The van der Waals surface area contributed by atoms with Gasteiger partial charge in [0.25, 0.3) is 6.43 Å². The number of carbonyl (C=O) groups excluding carboxylic acids is 2. The van der Waals surface area contributed by atoms with Crippen LogP contribution in [-0.2, 0) is 20.8 Å². The molecule has 2 unspecified atom stereocenters. The molecule has 43 heavy (non-hydrogen) atoms. The van der Waals surface area contributed by atoms with E-state index in [0.29, 0.717) is 48.6 Å². The molecule has 5 rings (SSSR count). The van der Waals surface area contributed by atoms with Crippen molar-refractivity contribution in [2.75, 3.05) is 33.3 Å². The minimum Gasteiger partial charge on any atom is -0.487 e. The molecule has 1 aromatic carbocycles. The number of halogens is 3. The number of likely N-dealkylation sites (tertiary alicyclic amines) is 1. The van der Waals surface area contributed by atoms with Gasteiger partial charge in [0.05, 0.1) is 23.1 Å². The van der Waals surface area contributed by atoms with E-state index in [2.05, 4.69) is 0 Å². The van der Waals surface area contributed by atoms with Gasteiger partial charge in [-0.25, -0.2) is 14.6 Å². The first-order chi connectivity index (χ1) is 20.3. The summed E-state index contributed by atoms with van der Waals surface area (Å²) >= 11 is 6.67. The maximum absolute atomic E-state index is 14.3. The van der Waals surface area contributed by atoms with E-state index in [9.17, 15) is 28.3 Å². The van der Waals surface area contributed by atoms with Crippen LogP contribution in [0.5, 0.6) is 5.75 Å². The Morgan fingerprint density at radius 3 is 2.58 bits per heavy atom. The molecule has 2 heterocycles. The molecule has 3 fully saturated rings. The van der Waals surface area contributed by atoms with Crippen molar-refractivity contribution in [2.45, 2.75) is 70.8 Å². The molecule has 0 aromatic heterocycles. The molecule has 0 bridgehead atoms. The van der Waals surface area contributed by atoms with Crippen molar-refractivity contribution < 1.29 is 33.0 Å². The Kier molecular flexibility index (Phi) is 8.56. The minimum absolute atomic E-state index is 0.00861. The minimum atomic E-state index is -2.92. The average molecular weight is 624 g/mol. The average Bonchev–Trinajstić information content (AvgIpc) is 3.62. The summed E-state index contributed by atoms with van der Waals surface area (Å²) in [6.45, 7) is 2.30. The number of allylic oxidation sites excluding steroid dienone is 1. The van der Waals surface area contributed by atoms with Crippen LogP contribution in [0.15, 0.2) is 23.5 Å². The number of amides is 2. The quantitative estimate of drug-likeness (QED) is 0.279. The Bertz CT molecular complexity index is 1330. The first-order valence-electron chi connectivity index (χ1n) is 14.8. The van der Waals surface area contributed by atoms with Crippen molar-refractivity contribution in [1.82, 2.24) is 14.8 Å². The summed E-state index contributed by atoms with van der Waals surface area (Å²) in [5.41, 5.74) is 5.24. The maximum atomic E-state index is 14.3. The number of nitrogens with two attached hydrogens (primary N) is 2. The van der Waals surface area contributed by atoms with Gasteiger partial charge in [0, 0.05) is 43.7 Å².